The lowest BCUT2D eigenvalue weighted by Gasteiger charge is -2.16. The van der Waals surface area contributed by atoms with Crippen molar-refractivity contribution in [1.29, 1.82) is 0 Å². The summed E-state index contributed by atoms with van der Waals surface area (Å²) >= 11 is 0. The highest BCUT2D eigenvalue weighted by Gasteiger charge is 2.06. The lowest BCUT2D eigenvalue weighted by molar-refractivity contribution is -0.146. The maximum Gasteiger partial charge on any atom is 0.159 e. The van der Waals surface area contributed by atoms with Gasteiger partial charge in [-0.15, -0.1) is 6.58 Å². The molecule has 0 aliphatic rings. The molecule has 84 valence electrons. The lowest BCUT2D eigenvalue weighted by atomic mass is 10.4. The minimum Gasteiger partial charge on any atom is -0.381 e. The molecule has 0 unspecified atom stereocenters. The van der Waals surface area contributed by atoms with Crippen LogP contribution in [0.5, 0.6) is 0 Å². The van der Waals surface area contributed by atoms with Crippen LogP contribution >= 0.6 is 0 Å². The van der Waals surface area contributed by atoms with Crippen LogP contribution < -0.4 is 0 Å². The molecule has 0 heterocycles. The molecule has 0 radical (unpaired) electrons. The third kappa shape index (κ3) is 8.23. The topological polar surface area (TPSA) is 27.7 Å². The second kappa shape index (κ2) is 10.7. The van der Waals surface area contributed by atoms with E-state index in [-0.39, 0.29) is 6.29 Å². The Balaban J connectivity index is 3.34. The molecule has 14 heavy (non-hydrogen) atoms. The van der Waals surface area contributed by atoms with Gasteiger partial charge in [-0.25, -0.2) is 0 Å². The Kier molecular flexibility index (Phi) is 10.4. The molecular formula is C11H22O3. The first kappa shape index (κ1) is 13.6. The van der Waals surface area contributed by atoms with Gasteiger partial charge in [0, 0.05) is 26.2 Å². The van der Waals surface area contributed by atoms with Crippen molar-refractivity contribution < 1.29 is 14.2 Å². The summed E-state index contributed by atoms with van der Waals surface area (Å²) in [5.74, 6) is 0. The standard InChI is InChI=1S/C11H22O3/c1-4-7-9-12-10-8-11(13-5-2)14-6-3/h4,11H,1,5-10H2,2-3H3. The predicted molar refractivity (Wildman–Crippen MR) is 57.3 cm³/mol. The van der Waals surface area contributed by atoms with Crippen molar-refractivity contribution in [3.05, 3.63) is 12.7 Å². The normalized spacial score (nSPS) is 10.8. The Hall–Kier alpha value is -0.380. The Morgan fingerprint density at radius 1 is 1.14 bits per heavy atom. The average molecular weight is 202 g/mol. The number of hydrogen-bond donors (Lipinski definition) is 0. The van der Waals surface area contributed by atoms with Crippen LogP contribution in [-0.4, -0.2) is 32.7 Å². The second-order valence-corrected chi connectivity index (χ2v) is 2.82. The zero-order valence-corrected chi connectivity index (χ0v) is 9.33. The third-order valence-electron chi connectivity index (χ3n) is 1.67. The van der Waals surface area contributed by atoms with Crippen LogP contribution in [0, 0.1) is 0 Å². The van der Waals surface area contributed by atoms with Gasteiger partial charge in [-0.1, -0.05) is 6.08 Å². The van der Waals surface area contributed by atoms with Crippen LogP contribution in [0.3, 0.4) is 0 Å². The molecule has 0 saturated heterocycles. The number of hydrogen-bond acceptors (Lipinski definition) is 3. The van der Waals surface area contributed by atoms with E-state index < -0.39 is 0 Å². The fourth-order valence-electron chi connectivity index (χ4n) is 1.03. The summed E-state index contributed by atoms with van der Waals surface area (Å²) in [7, 11) is 0. The maximum absolute atomic E-state index is 5.37. The molecule has 0 aliphatic carbocycles. The van der Waals surface area contributed by atoms with Gasteiger partial charge < -0.3 is 14.2 Å². The molecular weight excluding hydrogens is 180 g/mol. The van der Waals surface area contributed by atoms with Crippen LogP contribution in [0.2, 0.25) is 0 Å². The SMILES string of the molecule is C=CCCOCCC(OCC)OCC. The molecule has 0 aromatic rings. The van der Waals surface area contributed by atoms with Crippen molar-refractivity contribution in [2.45, 2.75) is 33.0 Å². The zero-order valence-electron chi connectivity index (χ0n) is 9.33. The van der Waals surface area contributed by atoms with Gasteiger partial charge in [-0.2, -0.15) is 0 Å². The van der Waals surface area contributed by atoms with Gasteiger partial charge in [0.1, 0.15) is 0 Å². The molecule has 0 atom stereocenters. The molecule has 0 bridgehead atoms. The Morgan fingerprint density at radius 2 is 1.79 bits per heavy atom. The molecule has 0 rings (SSSR count). The van der Waals surface area contributed by atoms with E-state index in [0.717, 1.165) is 19.4 Å². The largest absolute Gasteiger partial charge is 0.381 e. The van der Waals surface area contributed by atoms with E-state index in [9.17, 15) is 0 Å². The summed E-state index contributed by atoms with van der Waals surface area (Å²) in [6.07, 6.45) is 3.42. The summed E-state index contributed by atoms with van der Waals surface area (Å²) in [6.45, 7) is 10.3. The Labute approximate surface area is 87.0 Å². The van der Waals surface area contributed by atoms with Crippen LogP contribution in [0.25, 0.3) is 0 Å². The van der Waals surface area contributed by atoms with Crippen molar-refractivity contribution in [3.8, 4) is 0 Å². The summed E-state index contributed by atoms with van der Waals surface area (Å²) < 4.78 is 16.1. The van der Waals surface area contributed by atoms with Crippen LogP contribution in [0.4, 0.5) is 0 Å². The molecule has 0 N–H and O–H groups in total. The third-order valence-corrected chi connectivity index (χ3v) is 1.67. The Bertz CT molecular complexity index is 120. The fraction of sp³-hybridized carbons (Fsp3) is 0.818. The molecule has 3 heteroatoms. The predicted octanol–water partition coefficient (Wildman–Crippen LogP) is 2.37. The summed E-state index contributed by atoms with van der Waals surface area (Å²) in [6, 6.07) is 0. The quantitative estimate of drug-likeness (QED) is 0.309. The number of rotatable bonds is 10. The van der Waals surface area contributed by atoms with E-state index in [1.54, 1.807) is 0 Å². The average Bonchev–Trinajstić information content (AvgIpc) is 2.18. The highest BCUT2D eigenvalue weighted by Crippen LogP contribution is 2.01. The van der Waals surface area contributed by atoms with Gasteiger partial charge in [0.15, 0.2) is 6.29 Å². The highest BCUT2D eigenvalue weighted by atomic mass is 16.7. The van der Waals surface area contributed by atoms with Crippen molar-refractivity contribution in [2.24, 2.45) is 0 Å². The molecule has 3 nitrogen and oxygen atoms in total. The van der Waals surface area contributed by atoms with E-state index in [1.165, 1.54) is 0 Å². The van der Waals surface area contributed by atoms with Gasteiger partial charge in [-0.05, 0) is 20.3 Å². The van der Waals surface area contributed by atoms with Gasteiger partial charge in [0.05, 0.1) is 6.61 Å². The van der Waals surface area contributed by atoms with Crippen molar-refractivity contribution >= 4 is 0 Å². The van der Waals surface area contributed by atoms with Gasteiger partial charge in [0.25, 0.3) is 0 Å². The maximum atomic E-state index is 5.37. The van der Waals surface area contributed by atoms with Crippen molar-refractivity contribution in [2.75, 3.05) is 26.4 Å². The fourth-order valence-corrected chi connectivity index (χ4v) is 1.03. The summed E-state index contributed by atoms with van der Waals surface area (Å²) in [4.78, 5) is 0. The smallest absolute Gasteiger partial charge is 0.159 e. The van der Waals surface area contributed by atoms with Crippen LogP contribution in [-0.2, 0) is 14.2 Å². The van der Waals surface area contributed by atoms with Crippen LogP contribution in [0.1, 0.15) is 26.7 Å². The molecule has 0 aromatic carbocycles. The van der Waals surface area contributed by atoms with E-state index in [1.807, 2.05) is 19.9 Å². The van der Waals surface area contributed by atoms with E-state index >= 15 is 0 Å². The minimum absolute atomic E-state index is 0.117. The second-order valence-electron chi connectivity index (χ2n) is 2.82. The molecule has 0 amide bonds. The minimum atomic E-state index is -0.117. The first-order valence-corrected chi connectivity index (χ1v) is 5.27. The van der Waals surface area contributed by atoms with Crippen molar-refractivity contribution in [1.82, 2.24) is 0 Å². The monoisotopic (exact) mass is 202 g/mol. The van der Waals surface area contributed by atoms with E-state index in [4.69, 9.17) is 14.2 Å². The Morgan fingerprint density at radius 3 is 2.29 bits per heavy atom. The molecule has 0 aromatic heterocycles. The number of ether oxygens (including phenoxy) is 3. The van der Waals surface area contributed by atoms with Crippen LogP contribution in [0.15, 0.2) is 12.7 Å². The van der Waals surface area contributed by atoms with Gasteiger partial charge in [0.2, 0.25) is 0 Å². The zero-order chi connectivity index (χ0) is 10.6. The molecule has 0 aliphatic heterocycles. The summed E-state index contributed by atoms with van der Waals surface area (Å²) in [5, 5.41) is 0. The molecule has 0 fully saturated rings. The molecule has 0 saturated carbocycles. The molecule has 0 spiro atoms. The lowest BCUT2D eigenvalue weighted by Crippen LogP contribution is -2.19. The summed E-state index contributed by atoms with van der Waals surface area (Å²) in [5.41, 5.74) is 0. The first-order chi connectivity index (χ1) is 6.85. The van der Waals surface area contributed by atoms with Crippen molar-refractivity contribution in [3.63, 3.8) is 0 Å². The first-order valence-electron chi connectivity index (χ1n) is 5.27. The van der Waals surface area contributed by atoms with Gasteiger partial charge in [-0.3, -0.25) is 0 Å². The van der Waals surface area contributed by atoms with E-state index in [2.05, 4.69) is 6.58 Å². The highest BCUT2D eigenvalue weighted by molar-refractivity contribution is 4.64. The van der Waals surface area contributed by atoms with E-state index in [0.29, 0.717) is 19.8 Å². The van der Waals surface area contributed by atoms with Gasteiger partial charge >= 0.3 is 0 Å².